The number of rotatable bonds is 2. The van der Waals surface area contributed by atoms with E-state index in [2.05, 4.69) is 16.8 Å². The summed E-state index contributed by atoms with van der Waals surface area (Å²) in [6, 6.07) is 3.69. The molecule has 3 heteroatoms. The molecule has 0 aliphatic carbocycles. The van der Waals surface area contributed by atoms with Gasteiger partial charge in [-0.05, 0) is 31.0 Å². The van der Waals surface area contributed by atoms with Gasteiger partial charge >= 0.3 is 0 Å². The molecule has 0 saturated carbocycles. The van der Waals surface area contributed by atoms with Crippen LogP contribution >= 0.6 is 23.2 Å². The Labute approximate surface area is 105 Å². The number of fused-ring (bicyclic) bond motifs is 1. The van der Waals surface area contributed by atoms with Crippen LogP contribution in [0.3, 0.4) is 0 Å². The summed E-state index contributed by atoms with van der Waals surface area (Å²) in [4.78, 5) is 3.17. The van der Waals surface area contributed by atoms with Gasteiger partial charge in [-0.1, -0.05) is 23.2 Å². The van der Waals surface area contributed by atoms with Crippen molar-refractivity contribution in [2.24, 2.45) is 0 Å². The average molecular weight is 252 g/mol. The van der Waals surface area contributed by atoms with Crippen LogP contribution in [0, 0.1) is 11.8 Å². The molecule has 0 fully saturated rings. The molecule has 0 amide bonds. The van der Waals surface area contributed by atoms with Gasteiger partial charge in [-0.15, -0.1) is 11.8 Å². The molecule has 1 aromatic heterocycles. The van der Waals surface area contributed by atoms with Crippen LogP contribution in [0.4, 0.5) is 0 Å². The van der Waals surface area contributed by atoms with Crippen LogP contribution in [0.25, 0.3) is 10.9 Å². The molecule has 1 nitrogen and oxygen atoms in total. The third kappa shape index (κ3) is 2.19. The number of aromatic nitrogens is 1. The summed E-state index contributed by atoms with van der Waals surface area (Å²) in [5.74, 6) is 5.94. The molecular formula is C13H11Cl2N. The lowest BCUT2D eigenvalue weighted by Crippen LogP contribution is -1.81. The van der Waals surface area contributed by atoms with Crippen molar-refractivity contribution in [1.29, 1.82) is 0 Å². The molecule has 1 aromatic carbocycles. The van der Waals surface area contributed by atoms with Crippen LogP contribution in [0.2, 0.25) is 10.0 Å². The molecule has 0 unspecified atom stereocenters. The zero-order valence-electron chi connectivity index (χ0n) is 8.90. The smallest absolute Gasteiger partial charge is 0.0661 e. The summed E-state index contributed by atoms with van der Waals surface area (Å²) in [7, 11) is 0. The van der Waals surface area contributed by atoms with E-state index >= 15 is 0 Å². The lowest BCUT2D eigenvalue weighted by molar-refractivity contribution is 1.04. The predicted octanol–water partition coefficient (Wildman–Crippen LogP) is 4.43. The van der Waals surface area contributed by atoms with Gasteiger partial charge in [0, 0.05) is 23.0 Å². The number of benzene rings is 1. The SMILES string of the molecule is CC#CCCc1c[nH]c2c(Cl)cc(Cl)cc12. The number of hydrogen-bond acceptors (Lipinski definition) is 0. The maximum Gasteiger partial charge on any atom is 0.0661 e. The van der Waals surface area contributed by atoms with Crippen LogP contribution in [-0.2, 0) is 6.42 Å². The van der Waals surface area contributed by atoms with E-state index in [9.17, 15) is 0 Å². The first-order valence-electron chi connectivity index (χ1n) is 5.07. The number of H-pyrrole nitrogens is 1. The van der Waals surface area contributed by atoms with Gasteiger partial charge in [0.15, 0.2) is 0 Å². The average Bonchev–Trinajstić information content (AvgIpc) is 2.62. The summed E-state index contributed by atoms with van der Waals surface area (Å²) in [6.45, 7) is 1.85. The summed E-state index contributed by atoms with van der Waals surface area (Å²) >= 11 is 12.1. The fourth-order valence-electron chi connectivity index (χ4n) is 1.74. The van der Waals surface area contributed by atoms with E-state index in [0.29, 0.717) is 10.0 Å². The van der Waals surface area contributed by atoms with Crippen LogP contribution in [-0.4, -0.2) is 4.98 Å². The highest BCUT2D eigenvalue weighted by molar-refractivity contribution is 6.38. The van der Waals surface area contributed by atoms with Gasteiger partial charge in [-0.25, -0.2) is 0 Å². The Morgan fingerprint density at radius 1 is 1.31 bits per heavy atom. The van der Waals surface area contributed by atoms with E-state index in [-0.39, 0.29) is 0 Å². The van der Waals surface area contributed by atoms with Crippen molar-refractivity contribution >= 4 is 34.1 Å². The third-order valence-electron chi connectivity index (χ3n) is 2.49. The normalized spacial score (nSPS) is 10.2. The van der Waals surface area contributed by atoms with Gasteiger partial charge in [0.25, 0.3) is 0 Å². The minimum Gasteiger partial charge on any atom is -0.360 e. The molecular weight excluding hydrogens is 241 g/mol. The maximum atomic E-state index is 6.09. The van der Waals surface area contributed by atoms with Gasteiger partial charge in [-0.2, -0.15) is 0 Å². The van der Waals surface area contributed by atoms with Crippen molar-refractivity contribution in [3.05, 3.63) is 33.9 Å². The molecule has 82 valence electrons. The van der Waals surface area contributed by atoms with Crippen molar-refractivity contribution in [3.8, 4) is 11.8 Å². The highest BCUT2D eigenvalue weighted by atomic mass is 35.5. The Bertz CT molecular complexity index is 573. The Hall–Kier alpha value is -1.10. The second-order valence-corrected chi connectivity index (χ2v) is 4.39. The minimum atomic E-state index is 0.662. The second-order valence-electron chi connectivity index (χ2n) is 3.55. The Kier molecular flexibility index (Phi) is 3.43. The van der Waals surface area contributed by atoms with Gasteiger partial charge in [0.2, 0.25) is 0 Å². The van der Waals surface area contributed by atoms with Crippen LogP contribution < -0.4 is 0 Å². The molecule has 0 bridgehead atoms. The first kappa shape index (κ1) is 11.4. The molecule has 0 spiro atoms. The fraction of sp³-hybridized carbons (Fsp3) is 0.231. The van der Waals surface area contributed by atoms with Crippen molar-refractivity contribution < 1.29 is 0 Å². The monoisotopic (exact) mass is 251 g/mol. The van der Waals surface area contributed by atoms with E-state index in [1.807, 2.05) is 19.2 Å². The quantitative estimate of drug-likeness (QED) is 0.761. The first-order chi connectivity index (χ1) is 7.72. The third-order valence-corrected chi connectivity index (χ3v) is 3.00. The summed E-state index contributed by atoms with van der Waals surface area (Å²) in [6.07, 6.45) is 3.75. The minimum absolute atomic E-state index is 0.662. The molecule has 2 rings (SSSR count). The van der Waals surface area contributed by atoms with Crippen molar-refractivity contribution in [1.82, 2.24) is 4.98 Å². The number of halogens is 2. The summed E-state index contributed by atoms with van der Waals surface area (Å²) < 4.78 is 0. The largest absolute Gasteiger partial charge is 0.360 e. The van der Waals surface area contributed by atoms with Gasteiger partial charge in [0.05, 0.1) is 10.5 Å². The van der Waals surface area contributed by atoms with Crippen molar-refractivity contribution in [3.63, 3.8) is 0 Å². The number of nitrogens with one attached hydrogen (secondary N) is 1. The molecule has 0 aliphatic rings. The molecule has 16 heavy (non-hydrogen) atoms. The summed E-state index contributed by atoms with van der Waals surface area (Å²) in [5, 5.41) is 2.42. The van der Waals surface area contributed by atoms with Crippen molar-refractivity contribution in [2.45, 2.75) is 19.8 Å². The highest BCUT2D eigenvalue weighted by Crippen LogP contribution is 2.29. The van der Waals surface area contributed by atoms with Crippen LogP contribution in [0.15, 0.2) is 18.3 Å². The molecule has 1 N–H and O–H groups in total. The highest BCUT2D eigenvalue weighted by Gasteiger charge is 2.07. The molecule has 0 aliphatic heterocycles. The van der Waals surface area contributed by atoms with Crippen molar-refractivity contribution in [2.75, 3.05) is 0 Å². The molecule has 0 atom stereocenters. The second kappa shape index (κ2) is 4.82. The lowest BCUT2D eigenvalue weighted by Gasteiger charge is -1.98. The van der Waals surface area contributed by atoms with Crippen LogP contribution in [0.1, 0.15) is 18.9 Å². The van der Waals surface area contributed by atoms with Gasteiger partial charge in [0.1, 0.15) is 0 Å². The number of aromatic amines is 1. The molecule has 1 heterocycles. The molecule has 0 radical (unpaired) electrons. The fourth-order valence-corrected chi connectivity index (χ4v) is 2.29. The zero-order chi connectivity index (χ0) is 11.5. The van der Waals surface area contributed by atoms with E-state index in [1.54, 1.807) is 6.07 Å². The zero-order valence-corrected chi connectivity index (χ0v) is 10.4. The summed E-state index contributed by atoms with van der Waals surface area (Å²) in [5.41, 5.74) is 2.16. The van der Waals surface area contributed by atoms with E-state index in [0.717, 1.165) is 23.7 Å². The van der Waals surface area contributed by atoms with Crippen LogP contribution in [0.5, 0.6) is 0 Å². The van der Waals surface area contributed by atoms with E-state index < -0.39 is 0 Å². The van der Waals surface area contributed by atoms with E-state index in [1.165, 1.54) is 5.56 Å². The number of aryl methyl sites for hydroxylation is 1. The molecule has 0 saturated heterocycles. The van der Waals surface area contributed by atoms with Gasteiger partial charge < -0.3 is 4.98 Å². The topological polar surface area (TPSA) is 15.8 Å². The maximum absolute atomic E-state index is 6.09. The first-order valence-corrected chi connectivity index (χ1v) is 5.82. The van der Waals surface area contributed by atoms with Gasteiger partial charge in [-0.3, -0.25) is 0 Å². The lowest BCUT2D eigenvalue weighted by atomic mass is 10.1. The Balaban J connectivity index is 2.42. The standard InChI is InChI=1S/C13H11Cl2N/c1-2-3-4-5-9-8-16-13-11(9)6-10(14)7-12(13)15/h6-8,16H,4-5H2,1H3. The molecule has 2 aromatic rings. The Morgan fingerprint density at radius 2 is 2.12 bits per heavy atom. The Morgan fingerprint density at radius 3 is 2.88 bits per heavy atom. The van der Waals surface area contributed by atoms with E-state index in [4.69, 9.17) is 23.2 Å². The number of hydrogen-bond donors (Lipinski definition) is 1. The predicted molar refractivity (Wildman–Crippen MR) is 70.1 cm³/mol.